The van der Waals surface area contributed by atoms with Crippen LogP contribution in [0, 0.1) is 6.07 Å². The Balaban J connectivity index is 2.47. The molecule has 0 fully saturated rings. The first-order valence-corrected chi connectivity index (χ1v) is 12.8. The van der Waals surface area contributed by atoms with Gasteiger partial charge in [0.25, 0.3) is 0 Å². The number of hydrogen-bond donors (Lipinski definition) is 0. The van der Waals surface area contributed by atoms with Crippen LogP contribution in [-0.2, 0) is 0 Å². The molecule has 0 aliphatic carbocycles. The van der Waals surface area contributed by atoms with Gasteiger partial charge in [0.2, 0.25) is 0 Å². The fourth-order valence-corrected chi connectivity index (χ4v) is 3.40. The third-order valence-corrected chi connectivity index (χ3v) is 5.32. The molecule has 0 amide bonds. The van der Waals surface area contributed by atoms with Gasteiger partial charge in [0, 0.05) is 12.1 Å². The Morgan fingerprint density at radius 3 is 1.27 bits per heavy atom. The van der Waals surface area contributed by atoms with E-state index in [1.165, 1.54) is 77.0 Å². The summed E-state index contributed by atoms with van der Waals surface area (Å²) in [6.07, 6.45) is 18.6. The maximum absolute atomic E-state index is 6.01. The topological polar surface area (TPSA) is 27.7 Å². The van der Waals surface area contributed by atoms with E-state index in [1.54, 1.807) is 0 Å². The highest BCUT2D eigenvalue weighted by atomic mass is 16.5. The average molecular weight is 420 g/mol. The average Bonchev–Trinajstić information content (AvgIpc) is 2.75. The number of hydrogen-bond acceptors (Lipinski definition) is 3. The van der Waals surface area contributed by atoms with E-state index in [-0.39, 0.29) is 0 Å². The zero-order valence-corrected chi connectivity index (χ0v) is 20.1. The van der Waals surface area contributed by atoms with E-state index in [1.807, 2.05) is 12.1 Å². The van der Waals surface area contributed by atoms with Gasteiger partial charge in [-0.15, -0.1) is 0 Å². The minimum Gasteiger partial charge on any atom is -0.493 e. The van der Waals surface area contributed by atoms with Crippen molar-refractivity contribution in [3.05, 3.63) is 18.2 Å². The van der Waals surface area contributed by atoms with E-state index in [4.69, 9.17) is 14.2 Å². The lowest BCUT2D eigenvalue weighted by molar-refractivity contribution is 0.275. The molecule has 0 atom stereocenters. The molecule has 1 radical (unpaired) electrons. The molecule has 0 N–H and O–H groups in total. The van der Waals surface area contributed by atoms with Crippen LogP contribution in [0.3, 0.4) is 0 Å². The Labute approximate surface area is 186 Å². The van der Waals surface area contributed by atoms with Gasteiger partial charge in [-0.3, -0.25) is 0 Å². The van der Waals surface area contributed by atoms with Crippen molar-refractivity contribution in [3.8, 4) is 17.2 Å². The standard InChI is InChI=1S/C27H47O3/c1-4-7-10-13-16-19-28-25-22-26(29-20-17-14-11-8-5-2)24-27(23-25)30-21-18-15-12-9-6-3/h22-23H,4-21H2,1-3H3. The Morgan fingerprint density at radius 2 is 0.867 bits per heavy atom. The Hall–Kier alpha value is -1.38. The molecule has 1 rings (SSSR count). The highest BCUT2D eigenvalue weighted by Crippen LogP contribution is 2.28. The first kappa shape index (κ1) is 26.7. The number of unbranched alkanes of at least 4 members (excludes halogenated alkanes) is 12. The largest absolute Gasteiger partial charge is 0.493 e. The summed E-state index contributed by atoms with van der Waals surface area (Å²) in [5, 5.41) is 0. The van der Waals surface area contributed by atoms with Gasteiger partial charge in [0.1, 0.15) is 17.2 Å². The summed E-state index contributed by atoms with van der Waals surface area (Å²) < 4.78 is 17.9. The van der Waals surface area contributed by atoms with Gasteiger partial charge in [0.05, 0.1) is 25.9 Å². The van der Waals surface area contributed by atoms with Crippen LogP contribution in [0.1, 0.15) is 117 Å². The minimum atomic E-state index is 0.733. The number of ether oxygens (including phenoxy) is 3. The molecule has 1 aromatic rings. The van der Waals surface area contributed by atoms with E-state index in [2.05, 4.69) is 26.8 Å². The molecular formula is C27H47O3. The van der Waals surface area contributed by atoms with Gasteiger partial charge in [-0.05, 0) is 19.3 Å². The highest BCUT2D eigenvalue weighted by molar-refractivity contribution is 5.40. The van der Waals surface area contributed by atoms with Crippen molar-refractivity contribution < 1.29 is 14.2 Å². The van der Waals surface area contributed by atoms with Gasteiger partial charge in [0.15, 0.2) is 0 Å². The predicted octanol–water partition coefficient (Wildman–Crippen LogP) is 8.53. The summed E-state index contributed by atoms with van der Waals surface area (Å²) in [7, 11) is 0. The molecular weight excluding hydrogens is 372 g/mol. The van der Waals surface area contributed by atoms with Crippen molar-refractivity contribution in [2.45, 2.75) is 117 Å². The summed E-state index contributed by atoms with van der Waals surface area (Å²) >= 11 is 0. The summed E-state index contributed by atoms with van der Waals surface area (Å²) in [5.41, 5.74) is 0. The molecule has 0 unspecified atom stereocenters. The second-order valence-corrected chi connectivity index (χ2v) is 8.33. The molecule has 0 saturated heterocycles. The molecule has 0 aliphatic rings. The van der Waals surface area contributed by atoms with Crippen molar-refractivity contribution >= 4 is 0 Å². The lowest BCUT2D eigenvalue weighted by atomic mass is 10.2. The van der Waals surface area contributed by atoms with Crippen LogP contribution in [0.4, 0.5) is 0 Å². The fourth-order valence-electron chi connectivity index (χ4n) is 3.40. The second kappa shape index (κ2) is 19.6. The summed E-state index contributed by atoms with van der Waals surface area (Å²) in [4.78, 5) is 0. The Bertz CT molecular complexity index is 417. The second-order valence-electron chi connectivity index (χ2n) is 8.33. The van der Waals surface area contributed by atoms with Crippen LogP contribution in [0.15, 0.2) is 12.1 Å². The van der Waals surface area contributed by atoms with Crippen molar-refractivity contribution in [1.29, 1.82) is 0 Å². The van der Waals surface area contributed by atoms with Gasteiger partial charge in [-0.1, -0.05) is 97.8 Å². The van der Waals surface area contributed by atoms with Gasteiger partial charge in [-0.2, -0.15) is 0 Å². The van der Waals surface area contributed by atoms with Crippen molar-refractivity contribution in [2.75, 3.05) is 19.8 Å². The molecule has 0 saturated carbocycles. The quantitative estimate of drug-likeness (QED) is 0.187. The van der Waals surface area contributed by atoms with E-state index in [9.17, 15) is 0 Å². The number of benzene rings is 1. The van der Waals surface area contributed by atoms with E-state index in [0.717, 1.165) is 56.3 Å². The Morgan fingerprint density at radius 1 is 0.500 bits per heavy atom. The van der Waals surface area contributed by atoms with Crippen LogP contribution >= 0.6 is 0 Å². The third-order valence-electron chi connectivity index (χ3n) is 5.32. The van der Waals surface area contributed by atoms with Gasteiger partial charge in [-0.25, -0.2) is 0 Å². The molecule has 0 bridgehead atoms. The molecule has 3 nitrogen and oxygen atoms in total. The zero-order chi connectivity index (χ0) is 21.7. The molecule has 173 valence electrons. The van der Waals surface area contributed by atoms with Crippen LogP contribution in [0.5, 0.6) is 17.2 Å². The normalized spacial score (nSPS) is 10.9. The summed E-state index contributed by atoms with van der Waals surface area (Å²) in [6.45, 7) is 8.95. The van der Waals surface area contributed by atoms with Crippen LogP contribution < -0.4 is 14.2 Å². The first-order chi connectivity index (χ1) is 14.8. The van der Waals surface area contributed by atoms with Gasteiger partial charge >= 0.3 is 0 Å². The summed E-state index contributed by atoms with van der Waals surface area (Å²) in [6, 6.07) is 7.21. The van der Waals surface area contributed by atoms with Crippen LogP contribution in [0.2, 0.25) is 0 Å². The molecule has 3 heteroatoms. The van der Waals surface area contributed by atoms with Crippen molar-refractivity contribution in [2.24, 2.45) is 0 Å². The fraction of sp³-hybridized carbons (Fsp3) is 0.778. The monoisotopic (exact) mass is 419 g/mol. The minimum absolute atomic E-state index is 0.733. The van der Waals surface area contributed by atoms with Gasteiger partial charge < -0.3 is 14.2 Å². The Kier molecular flexibility index (Phi) is 17.4. The first-order valence-electron chi connectivity index (χ1n) is 12.8. The lowest BCUT2D eigenvalue weighted by Crippen LogP contribution is -2.03. The molecule has 0 aliphatic heterocycles. The maximum Gasteiger partial charge on any atom is 0.134 e. The highest BCUT2D eigenvalue weighted by Gasteiger charge is 2.06. The maximum atomic E-state index is 6.01. The van der Waals surface area contributed by atoms with Crippen LogP contribution in [0.25, 0.3) is 0 Å². The predicted molar refractivity (Wildman–Crippen MR) is 128 cm³/mol. The third kappa shape index (κ3) is 14.6. The lowest BCUT2D eigenvalue weighted by Gasteiger charge is -2.13. The molecule has 0 spiro atoms. The van der Waals surface area contributed by atoms with E-state index >= 15 is 0 Å². The molecule has 30 heavy (non-hydrogen) atoms. The SMILES string of the molecule is CCCCCCCOc1[c]c(OCCCCCCC)cc(OCCCCCCC)c1. The van der Waals surface area contributed by atoms with Crippen molar-refractivity contribution in [3.63, 3.8) is 0 Å². The molecule has 1 aromatic carbocycles. The van der Waals surface area contributed by atoms with E-state index in [0.29, 0.717) is 0 Å². The summed E-state index contributed by atoms with van der Waals surface area (Å²) in [5.74, 6) is 2.33. The van der Waals surface area contributed by atoms with Crippen LogP contribution in [-0.4, -0.2) is 19.8 Å². The smallest absolute Gasteiger partial charge is 0.134 e. The molecule has 0 heterocycles. The molecule has 0 aromatic heterocycles. The van der Waals surface area contributed by atoms with E-state index < -0.39 is 0 Å². The van der Waals surface area contributed by atoms with Crippen molar-refractivity contribution in [1.82, 2.24) is 0 Å². The number of rotatable bonds is 21. The zero-order valence-electron chi connectivity index (χ0n) is 20.1.